The van der Waals surface area contributed by atoms with Crippen molar-refractivity contribution in [2.45, 2.75) is 78.4 Å². The number of fused-ring (bicyclic) bond motifs is 1. The highest BCUT2D eigenvalue weighted by Crippen LogP contribution is 2.36. The maximum absolute atomic E-state index is 14.2. The second kappa shape index (κ2) is 10.3. The van der Waals surface area contributed by atoms with Crippen LogP contribution in [0, 0.1) is 24.7 Å². The topological polar surface area (TPSA) is 66.5 Å². The Morgan fingerprint density at radius 2 is 1.54 bits per heavy atom. The lowest BCUT2D eigenvalue weighted by atomic mass is 9.86. The smallest absolute Gasteiger partial charge is 0.247 e. The number of carbonyl (C=O) groups excluding carboxylic acids is 3. The summed E-state index contributed by atoms with van der Waals surface area (Å²) in [5.41, 5.74) is 4.35. The van der Waals surface area contributed by atoms with Gasteiger partial charge in [0.2, 0.25) is 11.8 Å². The first-order chi connectivity index (χ1) is 16.7. The van der Waals surface area contributed by atoms with Gasteiger partial charge in [0, 0.05) is 6.42 Å². The van der Waals surface area contributed by atoms with Crippen LogP contribution in [0.15, 0.2) is 48.5 Å². The minimum Gasteiger partial charge on any atom is -0.342 e. The molecule has 186 valence electrons. The third-order valence-corrected chi connectivity index (χ3v) is 7.29. The highest BCUT2D eigenvalue weighted by atomic mass is 16.2. The molecule has 1 fully saturated rings. The van der Waals surface area contributed by atoms with Gasteiger partial charge in [-0.2, -0.15) is 0 Å². The Bertz CT molecular complexity index is 1060. The number of piperazine rings is 1. The Labute approximate surface area is 209 Å². The maximum atomic E-state index is 14.2. The summed E-state index contributed by atoms with van der Waals surface area (Å²) in [6.07, 6.45) is 2.39. The SMILES string of the molecule is Cc1ccc([C@H](C(=O)CC(C)C)N2C(=O)[C@@H](C3Cc4ccccc4C3)NC(=O)[C@H]2CC(C)C)cc1. The lowest BCUT2D eigenvalue weighted by Crippen LogP contribution is -2.66. The normalized spacial score (nSPS) is 21.4. The summed E-state index contributed by atoms with van der Waals surface area (Å²) >= 11 is 0. The molecule has 0 saturated carbocycles. The minimum atomic E-state index is -0.758. The van der Waals surface area contributed by atoms with Gasteiger partial charge in [-0.05, 0) is 60.6 Å². The predicted octanol–water partition coefficient (Wildman–Crippen LogP) is 4.81. The molecular formula is C30H38N2O3. The quantitative estimate of drug-likeness (QED) is 0.597. The second-order valence-corrected chi connectivity index (χ2v) is 11.2. The molecule has 2 aromatic rings. The van der Waals surface area contributed by atoms with Crippen LogP contribution in [0.1, 0.15) is 68.8 Å². The van der Waals surface area contributed by atoms with Crippen LogP contribution >= 0.6 is 0 Å². The first kappa shape index (κ1) is 25.2. The third-order valence-electron chi connectivity index (χ3n) is 7.29. The number of ketones is 1. The number of benzene rings is 2. The molecule has 35 heavy (non-hydrogen) atoms. The molecule has 0 radical (unpaired) electrons. The van der Waals surface area contributed by atoms with Crippen molar-refractivity contribution in [3.05, 3.63) is 70.8 Å². The van der Waals surface area contributed by atoms with E-state index in [1.165, 1.54) is 11.1 Å². The number of hydrogen-bond donors (Lipinski definition) is 1. The van der Waals surface area contributed by atoms with E-state index in [1.54, 1.807) is 4.90 Å². The molecule has 1 saturated heterocycles. The molecule has 4 rings (SSSR count). The van der Waals surface area contributed by atoms with Crippen molar-refractivity contribution in [2.24, 2.45) is 17.8 Å². The molecule has 1 heterocycles. The van der Waals surface area contributed by atoms with Crippen molar-refractivity contribution in [2.75, 3.05) is 0 Å². The molecular weight excluding hydrogens is 436 g/mol. The molecule has 5 nitrogen and oxygen atoms in total. The zero-order valence-electron chi connectivity index (χ0n) is 21.6. The molecule has 2 amide bonds. The average molecular weight is 475 g/mol. The molecule has 0 aromatic heterocycles. The largest absolute Gasteiger partial charge is 0.342 e. The number of hydrogen-bond acceptors (Lipinski definition) is 3. The highest BCUT2D eigenvalue weighted by molar-refractivity contribution is 6.00. The first-order valence-electron chi connectivity index (χ1n) is 12.9. The van der Waals surface area contributed by atoms with Gasteiger partial charge in [-0.3, -0.25) is 14.4 Å². The number of rotatable bonds is 8. The predicted molar refractivity (Wildman–Crippen MR) is 138 cm³/mol. The summed E-state index contributed by atoms with van der Waals surface area (Å²) in [7, 11) is 0. The number of amides is 2. The third kappa shape index (κ3) is 5.34. The summed E-state index contributed by atoms with van der Waals surface area (Å²) in [4.78, 5) is 43.1. The monoisotopic (exact) mass is 474 g/mol. The van der Waals surface area contributed by atoms with Gasteiger partial charge < -0.3 is 10.2 Å². The average Bonchev–Trinajstić information content (AvgIpc) is 3.22. The van der Waals surface area contributed by atoms with E-state index >= 15 is 0 Å². The van der Waals surface area contributed by atoms with Gasteiger partial charge in [-0.15, -0.1) is 0 Å². The summed E-state index contributed by atoms with van der Waals surface area (Å²) in [5, 5.41) is 3.08. The second-order valence-electron chi connectivity index (χ2n) is 11.2. The molecule has 2 aromatic carbocycles. The van der Waals surface area contributed by atoms with Crippen LogP contribution in [0.2, 0.25) is 0 Å². The molecule has 0 spiro atoms. The van der Waals surface area contributed by atoms with Gasteiger partial charge in [-0.25, -0.2) is 0 Å². The first-order valence-corrected chi connectivity index (χ1v) is 12.9. The Kier molecular flexibility index (Phi) is 7.44. The maximum Gasteiger partial charge on any atom is 0.247 e. The van der Waals surface area contributed by atoms with E-state index in [2.05, 4.69) is 17.4 Å². The van der Waals surface area contributed by atoms with Crippen LogP contribution in [-0.4, -0.2) is 34.6 Å². The molecule has 1 N–H and O–H groups in total. The van der Waals surface area contributed by atoms with Crippen molar-refractivity contribution in [3.8, 4) is 0 Å². The van der Waals surface area contributed by atoms with E-state index < -0.39 is 18.1 Å². The van der Waals surface area contributed by atoms with Crippen molar-refractivity contribution >= 4 is 17.6 Å². The Balaban J connectivity index is 1.74. The fourth-order valence-electron chi connectivity index (χ4n) is 5.64. The van der Waals surface area contributed by atoms with Gasteiger partial charge in [-0.1, -0.05) is 81.8 Å². The van der Waals surface area contributed by atoms with E-state index in [9.17, 15) is 14.4 Å². The van der Waals surface area contributed by atoms with E-state index in [4.69, 9.17) is 0 Å². The van der Waals surface area contributed by atoms with Gasteiger partial charge in [0.15, 0.2) is 5.78 Å². The highest BCUT2D eigenvalue weighted by Gasteiger charge is 2.49. The van der Waals surface area contributed by atoms with Gasteiger partial charge in [0.25, 0.3) is 0 Å². The van der Waals surface area contributed by atoms with Crippen LogP contribution in [0.3, 0.4) is 0 Å². The standard InChI is InChI=1S/C30H38N2O3/c1-18(2)14-25-29(34)31-27(24-16-22-8-6-7-9-23(22)17-24)30(35)32(25)28(26(33)15-19(3)4)21-12-10-20(5)11-13-21/h6-13,18-19,24-25,27-28H,14-17H2,1-5H3,(H,31,34)/t25-,27-,28-/m1/s1. The van der Waals surface area contributed by atoms with Crippen molar-refractivity contribution in [1.82, 2.24) is 10.2 Å². The van der Waals surface area contributed by atoms with Crippen LogP contribution in [-0.2, 0) is 27.2 Å². The Morgan fingerprint density at radius 3 is 2.09 bits per heavy atom. The summed E-state index contributed by atoms with van der Waals surface area (Å²) in [6.45, 7) is 10.1. The van der Waals surface area contributed by atoms with Crippen molar-refractivity contribution in [1.29, 1.82) is 0 Å². The fourth-order valence-corrected chi connectivity index (χ4v) is 5.64. The van der Waals surface area contributed by atoms with Gasteiger partial charge in [0.05, 0.1) is 0 Å². The lowest BCUT2D eigenvalue weighted by Gasteiger charge is -2.45. The fraction of sp³-hybridized carbons (Fsp3) is 0.500. The van der Waals surface area contributed by atoms with Crippen LogP contribution in [0.25, 0.3) is 0 Å². The number of nitrogens with zero attached hydrogens (tertiary/aromatic N) is 1. The zero-order chi connectivity index (χ0) is 25.3. The Morgan fingerprint density at radius 1 is 0.943 bits per heavy atom. The zero-order valence-corrected chi connectivity index (χ0v) is 21.6. The molecule has 0 unspecified atom stereocenters. The van der Waals surface area contributed by atoms with Gasteiger partial charge >= 0.3 is 0 Å². The van der Waals surface area contributed by atoms with Crippen LogP contribution in [0.5, 0.6) is 0 Å². The van der Waals surface area contributed by atoms with Crippen molar-refractivity contribution in [3.63, 3.8) is 0 Å². The number of Topliss-reactive ketones (excluding diaryl/α,β-unsaturated/α-hetero) is 1. The number of carbonyl (C=O) groups is 3. The summed E-state index contributed by atoms with van der Waals surface area (Å²) < 4.78 is 0. The van der Waals surface area contributed by atoms with E-state index in [0.717, 1.165) is 24.0 Å². The lowest BCUT2D eigenvalue weighted by molar-refractivity contribution is -0.157. The number of aryl methyl sites for hydroxylation is 1. The van der Waals surface area contributed by atoms with E-state index in [0.29, 0.717) is 12.8 Å². The minimum absolute atomic E-state index is 0.00545. The molecule has 0 bridgehead atoms. The molecule has 3 atom stereocenters. The van der Waals surface area contributed by atoms with Crippen LogP contribution in [0.4, 0.5) is 0 Å². The van der Waals surface area contributed by atoms with E-state index in [1.807, 2.05) is 71.0 Å². The Hall–Kier alpha value is -2.95. The van der Waals surface area contributed by atoms with Gasteiger partial charge in [0.1, 0.15) is 18.1 Å². The molecule has 5 heteroatoms. The molecule has 2 aliphatic rings. The van der Waals surface area contributed by atoms with E-state index in [-0.39, 0.29) is 35.4 Å². The summed E-state index contributed by atoms with van der Waals surface area (Å²) in [5.74, 6) is 0.0730. The molecule has 1 aliphatic heterocycles. The van der Waals surface area contributed by atoms with Crippen LogP contribution < -0.4 is 5.32 Å². The molecule has 1 aliphatic carbocycles. The summed E-state index contributed by atoms with van der Waals surface area (Å²) in [6, 6.07) is 14.0. The number of nitrogens with one attached hydrogen (secondary N) is 1. The van der Waals surface area contributed by atoms with Crippen molar-refractivity contribution < 1.29 is 14.4 Å².